The number of hydrogen-bond acceptors (Lipinski definition) is 5. The molecule has 1 aromatic heterocycles. The number of hydrogen-bond donors (Lipinski definition) is 1. The molecule has 7 nitrogen and oxygen atoms in total. The summed E-state index contributed by atoms with van der Waals surface area (Å²) in [4.78, 5) is 12.2. The van der Waals surface area contributed by atoms with Crippen LogP contribution in [-0.2, 0) is 33.8 Å². The molecule has 1 amide bonds. The molecule has 0 fully saturated rings. The number of aryl methyl sites for hydroxylation is 1. The fraction of sp³-hybridized carbons (Fsp3) is 0.308. The number of alkyl halides is 3. The van der Waals surface area contributed by atoms with Gasteiger partial charge in [-0.05, 0) is 60.7 Å². The molecule has 2 aromatic carbocycles. The lowest BCUT2D eigenvalue weighted by atomic mass is 9.92. The monoisotopic (exact) mass is 585 g/mol. The first-order valence-electron chi connectivity index (χ1n) is 11.8. The Labute approximate surface area is 227 Å². The molecule has 1 aliphatic rings. The average molecular weight is 586 g/mol. The number of nitrogens with one attached hydrogen (secondary N) is 1. The predicted octanol–water partition coefficient (Wildman–Crippen LogP) is 5.22. The van der Waals surface area contributed by atoms with Crippen LogP contribution in [0.1, 0.15) is 35.2 Å². The number of carbonyl (C=O) groups is 1. The second-order valence-electron chi connectivity index (χ2n) is 8.94. The number of aromatic nitrogens is 2. The molecule has 13 heteroatoms. The molecule has 0 unspecified atom stereocenters. The zero-order valence-corrected chi connectivity index (χ0v) is 22.3. The molecule has 0 bridgehead atoms. The number of sulfone groups is 1. The van der Waals surface area contributed by atoms with Crippen LogP contribution in [0, 0.1) is 0 Å². The zero-order chi connectivity index (χ0) is 28.4. The van der Waals surface area contributed by atoms with Gasteiger partial charge in [0.25, 0.3) is 0 Å². The van der Waals surface area contributed by atoms with Crippen LogP contribution >= 0.6 is 11.6 Å². The number of benzene rings is 2. The normalized spacial score (nSPS) is 15.0. The zero-order valence-electron chi connectivity index (χ0n) is 20.7. The van der Waals surface area contributed by atoms with Gasteiger partial charge in [0.15, 0.2) is 9.84 Å². The number of allylic oxidation sites excluding steroid dienone is 1. The number of amides is 1. The van der Waals surface area contributed by atoms with Crippen molar-refractivity contribution in [3.8, 4) is 5.75 Å². The van der Waals surface area contributed by atoms with Crippen molar-refractivity contribution in [2.75, 3.05) is 19.4 Å². The van der Waals surface area contributed by atoms with Gasteiger partial charge in [-0.2, -0.15) is 18.3 Å². The topological polar surface area (TPSA) is 90.3 Å². The largest absolute Gasteiger partial charge is 0.495 e. The Morgan fingerprint density at radius 1 is 1.15 bits per heavy atom. The maximum absolute atomic E-state index is 15.3. The van der Waals surface area contributed by atoms with Gasteiger partial charge in [0.05, 0.1) is 37.7 Å². The van der Waals surface area contributed by atoms with Crippen molar-refractivity contribution in [2.45, 2.75) is 36.9 Å². The van der Waals surface area contributed by atoms with E-state index in [9.17, 15) is 26.4 Å². The van der Waals surface area contributed by atoms with E-state index in [4.69, 9.17) is 16.3 Å². The van der Waals surface area contributed by atoms with Crippen molar-refractivity contribution >= 4 is 32.9 Å². The molecule has 0 aliphatic heterocycles. The van der Waals surface area contributed by atoms with Crippen molar-refractivity contribution in [1.82, 2.24) is 15.1 Å². The number of carbonyl (C=O) groups excluding carboxylic acids is 1. The number of rotatable bonds is 8. The second-order valence-corrected chi connectivity index (χ2v) is 11.3. The van der Waals surface area contributed by atoms with Crippen LogP contribution in [0.3, 0.4) is 0 Å². The highest BCUT2D eigenvalue weighted by molar-refractivity contribution is 7.92. The lowest BCUT2D eigenvalue weighted by Crippen LogP contribution is -2.31. The molecular formula is C26H24ClF4N3O4S. The van der Waals surface area contributed by atoms with Gasteiger partial charge < -0.3 is 10.1 Å². The minimum atomic E-state index is -4.45. The summed E-state index contributed by atoms with van der Waals surface area (Å²) in [5.41, 5.74) is 1.37. The maximum atomic E-state index is 15.3. The van der Waals surface area contributed by atoms with Gasteiger partial charge >= 0.3 is 6.18 Å². The number of ether oxygens (including phenoxy) is 1. The molecule has 208 valence electrons. The molecule has 0 spiro atoms. The summed E-state index contributed by atoms with van der Waals surface area (Å²) in [6, 6.07) is 8.63. The van der Waals surface area contributed by atoms with Gasteiger partial charge in [-0.3, -0.25) is 9.48 Å². The van der Waals surface area contributed by atoms with E-state index in [0.717, 1.165) is 17.7 Å². The summed E-state index contributed by atoms with van der Waals surface area (Å²) < 4.78 is 86.1. The van der Waals surface area contributed by atoms with E-state index in [1.54, 1.807) is 6.20 Å². The van der Waals surface area contributed by atoms with Gasteiger partial charge in [0.2, 0.25) is 5.91 Å². The van der Waals surface area contributed by atoms with Crippen LogP contribution in [0.15, 0.2) is 59.4 Å². The smallest absolute Gasteiger partial charge is 0.416 e. The standard InChI is InChI=1S/C26H24ClF4N3O4S/c1-38-22-10-9-19(27)11-23(22)39(36,37)15-24(35)32-13-21(28)20-4-2-3-17-12-33-34(25(17)20)14-16-5-7-18(8-6-16)26(29,30)31/h5-12H,2-4,13-15H2,1H3,(H,32,35)/b21-20-. The van der Waals surface area contributed by atoms with Crippen LogP contribution in [0.5, 0.6) is 5.75 Å². The molecule has 0 radical (unpaired) electrons. The summed E-state index contributed by atoms with van der Waals surface area (Å²) in [5, 5.41) is 6.76. The van der Waals surface area contributed by atoms with Crippen molar-refractivity contribution < 1.29 is 35.5 Å². The fourth-order valence-electron chi connectivity index (χ4n) is 4.36. The van der Waals surface area contributed by atoms with Crippen LogP contribution in [0.25, 0.3) is 5.57 Å². The lowest BCUT2D eigenvalue weighted by Gasteiger charge is -2.19. The first-order chi connectivity index (χ1) is 18.4. The first-order valence-corrected chi connectivity index (χ1v) is 13.8. The Hall–Kier alpha value is -3.38. The van der Waals surface area contributed by atoms with Crippen LogP contribution < -0.4 is 10.1 Å². The highest BCUT2D eigenvalue weighted by Crippen LogP contribution is 2.34. The molecule has 4 rings (SSSR count). The summed E-state index contributed by atoms with van der Waals surface area (Å²) in [5.74, 6) is -2.49. The summed E-state index contributed by atoms with van der Waals surface area (Å²) in [7, 11) is -2.85. The van der Waals surface area contributed by atoms with E-state index in [1.165, 1.54) is 42.1 Å². The summed E-state index contributed by atoms with van der Waals surface area (Å²) in [6.07, 6.45) is -1.23. The van der Waals surface area contributed by atoms with Crippen LogP contribution in [0.4, 0.5) is 17.6 Å². The van der Waals surface area contributed by atoms with Gasteiger partial charge in [0, 0.05) is 10.6 Å². The maximum Gasteiger partial charge on any atom is 0.416 e. The highest BCUT2D eigenvalue weighted by Gasteiger charge is 2.30. The van der Waals surface area contributed by atoms with E-state index in [0.29, 0.717) is 36.1 Å². The van der Waals surface area contributed by atoms with E-state index >= 15 is 4.39 Å². The van der Waals surface area contributed by atoms with Gasteiger partial charge in [-0.15, -0.1) is 0 Å². The van der Waals surface area contributed by atoms with Crippen LogP contribution in [0.2, 0.25) is 5.02 Å². The third-order valence-electron chi connectivity index (χ3n) is 6.24. The molecule has 0 atom stereocenters. The van der Waals surface area contributed by atoms with Crippen molar-refractivity contribution in [3.63, 3.8) is 0 Å². The molecule has 0 saturated carbocycles. The molecule has 39 heavy (non-hydrogen) atoms. The Morgan fingerprint density at radius 3 is 2.54 bits per heavy atom. The van der Waals surface area contributed by atoms with E-state index in [1.807, 2.05) is 0 Å². The molecule has 0 saturated heterocycles. The third kappa shape index (κ3) is 6.62. The summed E-state index contributed by atoms with van der Waals surface area (Å²) >= 11 is 5.90. The van der Waals surface area contributed by atoms with E-state index < -0.39 is 45.6 Å². The third-order valence-corrected chi connectivity index (χ3v) is 8.10. The predicted molar refractivity (Wildman–Crippen MR) is 137 cm³/mol. The molecule has 1 heterocycles. The second kappa shape index (κ2) is 11.4. The van der Waals surface area contributed by atoms with Gasteiger partial charge in [-0.25, -0.2) is 12.8 Å². The molecule has 1 N–H and O–H groups in total. The average Bonchev–Trinajstić information content (AvgIpc) is 3.29. The summed E-state index contributed by atoms with van der Waals surface area (Å²) in [6.45, 7) is -0.419. The van der Waals surface area contributed by atoms with E-state index in [2.05, 4.69) is 10.4 Å². The van der Waals surface area contributed by atoms with Crippen LogP contribution in [-0.4, -0.2) is 43.5 Å². The number of fused-ring (bicyclic) bond motifs is 1. The van der Waals surface area contributed by atoms with Crippen molar-refractivity contribution in [2.24, 2.45) is 0 Å². The molecule has 1 aliphatic carbocycles. The first kappa shape index (κ1) is 28.6. The van der Waals surface area contributed by atoms with E-state index in [-0.39, 0.29) is 22.2 Å². The highest BCUT2D eigenvalue weighted by atomic mass is 35.5. The minimum Gasteiger partial charge on any atom is -0.495 e. The van der Waals surface area contributed by atoms with Crippen molar-refractivity contribution in [3.05, 3.63) is 81.9 Å². The van der Waals surface area contributed by atoms with Gasteiger partial charge in [-0.1, -0.05) is 23.7 Å². The Morgan fingerprint density at radius 2 is 1.87 bits per heavy atom. The number of nitrogens with zero attached hydrogens (tertiary/aromatic N) is 2. The molecule has 3 aromatic rings. The Balaban J connectivity index is 1.49. The number of halogens is 5. The lowest BCUT2D eigenvalue weighted by molar-refractivity contribution is -0.137. The number of methoxy groups -OCH3 is 1. The van der Waals surface area contributed by atoms with Gasteiger partial charge in [0.1, 0.15) is 22.2 Å². The molecular weight excluding hydrogens is 562 g/mol. The minimum absolute atomic E-state index is 0.0246. The van der Waals surface area contributed by atoms with Crippen molar-refractivity contribution in [1.29, 1.82) is 0 Å². The SMILES string of the molecule is COc1ccc(Cl)cc1S(=O)(=O)CC(=O)NC/C(F)=C1\CCCc2cnn(Cc3ccc(C(F)(F)F)cc3)c21. The fourth-order valence-corrected chi connectivity index (χ4v) is 5.97. The quantitative estimate of drug-likeness (QED) is 0.366. The Bertz CT molecular complexity index is 1520. The Kier molecular flexibility index (Phi) is 8.36.